The second-order valence-corrected chi connectivity index (χ2v) is 6.55. The van der Waals surface area contributed by atoms with E-state index in [1.54, 1.807) is 29.8 Å². The summed E-state index contributed by atoms with van der Waals surface area (Å²) < 4.78 is 28.8. The number of nitrogens with one attached hydrogen (secondary N) is 1. The number of hydrogen-bond acceptors (Lipinski definition) is 4. The minimum Gasteiger partial charge on any atom is -0.371 e. The third-order valence-corrected chi connectivity index (χ3v) is 5.34. The molecule has 2 aromatic heterocycles. The van der Waals surface area contributed by atoms with Crippen molar-refractivity contribution in [1.29, 1.82) is 0 Å². The molecule has 0 bridgehead atoms. The molecule has 0 aliphatic rings. The summed E-state index contributed by atoms with van der Waals surface area (Å²) in [7, 11) is -1.93. The SMILES string of the molecule is CCN(C(C)C)S(=O)(=O)c1c(NC)nc2ccccn12. The molecule has 110 valence electrons. The lowest BCUT2D eigenvalue weighted by molar-refractivity contribution is 0.367. The largest absolute Gasteiger partial charge is 0.371 e. The van der Waals surface area contributed by atoms with Gasteiger partial charge in [-0.25, -0.2) is 13.4 Å². The number of anilines is 1. The smallest absolute Gasteiger partial charge is 0.263 e. The number of pyridine rings is 1. The zero-order chi connectivity index (χ0) is 14.9. The summed E-state index contributed by atoms with van der Waals surface area (Å²) in [5.41, 5.74) is 0.607. The standard InChI is InChI=1S/C13H20N4O2S/c1-5-17(10(2)3)20(18,19)13-12(14-4)15-11-8-6-7-9-16(11)13/h6-10,14H,5H2,1-4H3. The van der Waals surface area contributed by atoms with Crippen LogP contribution in [-0.4, -0.2) is 41.7 Å². The zero-order valence-corrected chi connectivity index (χ0v) is 13.0. The first-order valence-electron chi connectivity index (χ1n) is 6.60. The van der Waals surface area contributed by atoms with Gasteiger partial charge in [0.1, 0.15) is 5.65 Å². The van der Waals surface area contributed by atoms with Gasteiger partial charge >= 0.3 is 0 Å². The first kappa shape index (κ1) is 14.8. The van der Waals surface area contributed by atoms with Gasteiger partial charge in [-0.2, -0.15) is 4.31 Å². The van der Waals surface area contributed by atoms with E-state index in [0.29, 0.717) is 18.0 Å². The fourth-order valence-electron chi connectivity index (χ4n) is 2.31. The average molecular weight is 296 g/mol. The van der Waals surface area contributed by atoms with Gasteiger partial charge in [-0.15, -0.1) is 0 Å². The van der Waals surface area contributed by atoms with Crippen LogP contribution in [0.4, 0.5) is 5.82 Å². The average Bonchev–Trinajstić information content (AvgIpc) is 2.77. The Bertz CT molecular complexity index is 706. The molecular formula is C13H20N4O2S. The first-order chi connectivity index (χ1) is 9.43. The maximum absolute atomic E-state index is 12.9. The number of aromatic nitrogens is 2. The number of nitrogens with zero attached hydrogens (tertiary/aromatic N) is 3. The summed E-state index contributed by atoms with van der Waals surface area (Å²) in [5.74, 6) is 0.371. The molecule has 2 heterocycles. The minimum atomic E-state index is -3.61. The monoisotopic (exact) mass is 296 g/mol. The van der Waals surface area contributed by atoms with Gasteiger partial charge in [-0.3, -0.25) is 4.40 Å². The van der Waals surface area contributed by atoms with Crippen molar-refractivity contribution in [3.8, 4) is 0 Å². The van der Waals surface area contributed by atoms with Crippen LogP contribution in [0.2, 0.25) is 0 Å². The Morgan fingerprint density at radius 3 is 2.65 bits per heavy atom. The number of fused-ring (bicyclic) bond motifs is 1. The molecule has 2 aromatic rings. The lowest BCUT2D eigenvalue weighted by Gasteiger charge is -2.24. The highest BCUT2D eigenvalue weighted by Gasteiger charge is 2.31. The summed E-state index contributed by atoms with van der Waals surface area (Å²) in [6, 6.07) is 5.30. The van der Waals surface area contributed by atoms with E-state index in [2.05, 4.69) is 10.3 Å². The topological polar surface area (TPSA) is 66.7 Å². The fourth-order valence-corrected chi connectivity index (χ4v) is 4.22. The summed E-state index contributed by atoms with van der Waals surface area (Å²) in [6.07, 6.45) is 1.71. The van der Waals surface area contributed by atoms with Crippen molar-refractivity contribution in [3.63, 3.8) is 0 Å². The Hall–Kier alpha value is -1.60. The number of sulfonamides is 1. The van der Waals surface area contributed by atoms with E-state index in [-0.39, 0.29) is 11.1 Å². The number of imidazole rings is 1. The van der Waals surface area contributed by atoms with Gasteiger partial charge in [0.2, 0.25) is 0 Å². The summed E-state index contributed by atoms with van der Waals surface area (Å²) in [6.45, 7) is 5.98. The van der Waals surface area contributed by atoms with E-state index < -0.39 is 10.0 Å². The van der Waals surface area contributed by atoms with Crippen molar-refractivity contribution in [2.24, 2.45) is 0 Å². The van der Waals surface area contributed by atoms with Crippen molar-refractivity contribution < 1.29 is 8.42 Å². The van der Waals surface area contributed by atoms with Crippen molar-refractivity contribution in [1.82, 2.24) is 13.7 Å². The third-order valence-electron chi connectivity index (χ3n) is 3.16. The Labute approximate surface area is 119 Å². The van der Waals surface area contributed by atoms with E-state index in [1.807, 2.05) is 26.8 Å². The number of rotatable bonds is 5. The lowest BCUT2D eigenvalue weighted by atomic mass is 10.4. The van der Waals surface area contributed by atoms with Gasteiger partial charge in [0.05, 0.1) is 0 Å². The molecule has 0 saturated carbocycles. The number of hydrogen-bond donors (Lipinski definition) is 1. The highest BCUT2D eigenvalue weighted by atomic mass is 32.2. The molecule has 1 N–H and O–H groups in total. The van der Waals surface area contributed by atoms with Gasteiger partial charge in [0, 0.05) is 25.8 Å². The van der Waals surface area contributed by atoms with Gasteiger partial charge in [-0.1, -0.05) is 13.0 Å². The maximum Gasteiger partial charge on any atom is 0.263 e. The molecule has 7 heteroatoms. The molecule has 20 heavy (non-hydrogen) atoms. The van der Waals surface area contributed by atoms with E-state index in [0.717, 1.165) is 0 Å². The second kappa shape index (κ2) is 5.41. The molecule has 0 fully saturated rings. The second-order valence-electron chi connectivity index (χ2n) is 4.75. The van der Waals surface area contributed by atoms with Crippen LogP contribution in [0.1, 0.15) is 20.8 Å². The molecule has 0 aliphatic carbocycles. The van der Waals surface area contributed by atoms with Gasteiger partial charge in [0.25, 0.3) is 10.0 Å². The molecule has 2 rings (SSSR count). The van der Waals surface area contributed by atoms with E-state index in [4.69, 9.17) is 0 Å². The van der Waals surface area contributed by atoms with E-state index >= 15 is 0 Å². The normalized spacial score (nSPS) is 12.5. The van der Waals surface area contributed by atoms with E-state index in [9.17, 15) is 8.42 Å². The minimum absolute atomic E-state index is 0.107. The Kier molecular flexibility index (Phi) is 4.01. The van der Waals surface area contributed by atoms with Gasteiger partial charge in [-0.05, 0) is 26.0 Å². The third kappa shape index (κ3) is 2.27. The lowest BCUT2D eigenvalue weighted by Crippen LogP contribution is -2.37. The van der Waals surface area contributed by atoms with E-state index in [1.165, 1.54) is 4.31 Å². The Morgan fingerprint density at radius 2 is 2.10 bits per heavy atom. The summed E-state index contributed by atoms with van der Waals surface area (Å²) >= 11 is 0. The molecule has 0 amide bonds. The van der Waals surface area contributed by atoms with Crippen LogP contribution in [0.5, 0.6) is 0 Å². The quantitative estimate of drug-likeness (QED) is 0.913. The molecule has 6 nitrogen and oxygen atoms in total. The highest BCUT2D eigenvalue weighted by Crippen LogP contribution is 2.26. The summed E-state index contributed by atoms with van der Waals surface area (Å²) in [4.78, 5) is 4.32. The van der Waals surface area contributed by atoms with Crippen molar-refractivity contribution in [2.75, 3.05) is 18.9 Å². The van der Waals surface area contributed by atoms with Crippen LogP contribution >= 0.6 is 0 Å². The molecule has 0 atom stereocenters. The highest BCUT2D eigenvalue weighted by molar-refractivity contribution is 7.89. The molecule has 0 spiro atoms. The predicted octanol–water partition coefficient (Wildman–Crippen LogP) is 1.79. The first-order valence-corrected chi connectivity index (χ1v) is 8.04. The fraction of sp³-hybridized carbons (Fsp3) is 0.462. The molecule has 0 saturated heterocycles. The van der Waals surface area contributed by atoms with Crippen molar-refractivity contribution >= 4 is 21.5 Å². The summed E-state index contributed by atoms with van der Waals surface area (Å²) in [5, 5.41) is 3.06. The Balaban J connectivity index is 2.73. The van der Waals surface area contributed by atoms with Gasteiger partial charge < -0.3 is 5.32 Å². The zero-order valence-electron chi connectivity index (χ0n) is 12.2. The molecular weight excluding hydrogens is 276 g/mol. The molecule has 0 radical (unpaired) electrons. The van der Waals surface area contributed by atoms with Crippen molar-refractivity contribution in [3.05, 3.63) is 24.4 Å². The van der Waals surface area contributed by atoms with Gasteiger partial charge in [0.15, 0.2) is 10.8 Å². The van der Waals surface area contributed by atoms with Crippen LogP contribution in [0, 0.1) is 0 Å². The molecule has 0 unspecified atom stereocenters. The predicted molar refractivity (Wildman–Crippen MR) is 79.4 cm³/mol. The molecule has 0 aliphatic heterocycles. The van der Waals surface area contributed by atoms with Crippen LogP contribution in [0.3, 0.4) is 0 Å². The van der Waals surface area contributed by atoms with Crippen LogP contribution < -0.4 is 5.32 Å². The maximum atomic E-state index is 12.9. The van der Waals surface area contributed by atoms with Crippen LogP contribution in [0.25, 0.3) is 5.65 Å². The molecule has 0 aromatic carbocycles. The van der Waals surface area contributed by atoms with Crippen LogP contribution in [0.15, 0.2) is 29.4 Å². The van der Waals surface area contributed by atoms with Crippen molar-refractivity contribution in [2.45, 2.75) is 31.8 Å². The Morgan fingerprint density at radius 1 is 1.40 bits per heavy atom. The van der Waals surface area contributed by atoms with Crippen LogP contribution in [-0.2, 0) is 10.0 Å².